The summed E-state index contributed by atoms with van der Waals surface area (Å²) < 4.78 is 2.11. The molecule has 17 heavy (non-hydrogen) atoms. The van der Waals surface area contributed by atoms with E-state index in [4.69, 9.17) is 12.2 Å². The third-order valence-electron chi connectivity index (χ3n) is 2.55. The van der Waals surface area contributed by atoms with Crippen molar-refractivity contribution >= 4 is 18.4 Å². The monoisotopic (exact) mass is 246 g/mol. The van der Waals surface area contributed by atoms with Gasteiger partial charge in [-0.25, -0.2) is 0 Å². The zero-order valence-corrected chi connectivity index (χ0v) is 10.9. The van der Waals surface area contributed by atoms with Gasteiger partial charge in [0, 0.05) is 0 Å². The molecule has 0 aliphatic heterocycles. The summed E-state index contributed by atoms with van der Waals surface area (Å²) >= 11 is 5.07. The summed E-state index contributed by atoms with van der Waals surface area (Å²) in [4.78, 5) is 0. The van der Waals surface area contributed by atoms with Crippen LogP contribution < -0.4 is 0 Å². The van der Waals surface area contributed by atoms with Crippen LogP contribution in [-0.2, 0) is 0 Å². The molecule has 1 aromatic heterocycles. The molecule has 0 bridgehead atoms. The lowest BCUT2D eigenvalue weighted by Gasteiger charge is -2.01. The van der Waals surface area contributed by atoms with Crippen LogP contribution in [0.3, 0.4) is 0 Å². The number of hydrogen-bond donors (Lipinski definition) is 1. The molecule has 88 valence electrons. The van der Waals surface area contributed by atoms with Gasteiger partial charge in [0.2, 0.25) is 4.77 Å². The second kappa shape index (κ2) is 4.63. The molecule has 0 radical (unpaired) electrons. The Bertz CT molecular complexity index is 622. The van der Waals surface area contributed by atoms with Crippen LogP contribution in [0.2, 0.25) is 0 Å². The second-order valence-electron chi connectivity index (χ2n) is 3.99. The van der Waals surface area contributed by atoms with Crippen LogP contribution in [0.4, 0.5) is 0 Å². The molecule has 0 amide bonds. The van der Waals surface area contributed by atoms with Gasteiger partial charge in [0.1, 0.15) is 5.82 Å². The van der Waals surface area contributed by atoms with Crippen LogP contribution in [0.5, 0.6) is 0 Å². The minimum absolute atomic E-state index is 0.503. The van der Waals surface area contributed by atoms with Crippen molar-refractivity contribution in [3.63, 3.8) is 0 Å². The summed E-state index contributed by atoms with van der Waals surface area (Å²) in [5.41, 5.74) is 3.52. The van der Waals surface area contributed by atoms with E-state index in [9.17, 15) is 0 Å². The van der Waals surface area contributed by atoms with E-state index in [1.54, 1.807) is 10.9 Å². The fraction of sp³-hybridized carbons (Fsp3) is 0.250. The van der Waals surface area contributed by atoms with Gasteiger partial charge in [-0.15, -0.1) is 0 Å². The molecule has 4 nitrogen and oxygen atoms in total. The van der Waals surface area contributed by atoms with Gasteiger partial charge in [-0.1, -0.05) is 23.8 Å². The summed E-state index contributed by atoms with van der Waals surface area (Å²) in [6, 6.07) is 6.24. The molecule has 1 N–H and O–H groups in total. The molecular formula is C12H14N4S. The average molecular weight is 246 g/mol. The van der Waals surface area contributed by atoms with Crippen molar-refractivity contribution in [2.45, 2.75) is 20.8 Å². The molecule has 0 aliphatic rings. The number of hydrogen-bond acceptors (Lipinski definition) is 3. The number of nitrogens with one attached hydrogen (secondary N) is 1. The number of aromatic amines is 1. The number of rotatable bonds is 2. The van der Waals surface area contributed by atoms with Crippen molar-refractivity contribution < 1.29 is 0 Å². The van der Waals surface area contributed by atoms with Gasteiger partial charge in [0.25, 0.3) is 0 Å². The molecule has 1 aromatic carbocycles. The van der Waals surface area contributed by atoms with Crippen molar-refractivity contribution in [1.82, 2.24) is 14.9 Å². The normalized spacial score (nSPS) is 11.2. The Hall–Kier alpha value is -1.75. The van der Waals surface area contributed by atoms with Gasteiger partial charge in [-0.2, -0.15) is 14.9 Å². The van der Waals surface area contributed by atoms with Crippen molar-refractivity contribution in [3.8, 4) is 0 Å². The van der Waals surface area contributed by atoms with Gasteiger partial charge in [0.15, 0.2) is 0 Å². The van der Waals surface area contributed by atoms with Gasteiger partial charge in [0.05, 0.1) is 6.21 Å². The predicted octanol–water partition coefficient (Wildman–Crippen LogP) is 2.75. The lowest BCUT2D eigenvalue weighted by molar-refractivity contribution is 0.820. The predicted molar refractivity (Wildman–Crippen MR) is 71.1 cm³/mol. The highest BCUT2D eigenvalue weighted by atomic mass is 32.1. The maximum absolute atomic E-state index is 5.07. The first-order valence-electron chi connectivity index (χ1n) is 5.33. The number of nitrogens with zero attached hydrogens (tertiary/aromatic N) is 3. The molecule has 2 rings (SSSR count). The first-order chi connectivity index (χ1) is 8.08. The minimum Gasteiger partial charge on any atom is -0.250 e. The van der Waals surface area contributed by atoms with E-state index in [1.165, 1.54) is 11.1 Å². The van der Waals surface area contributed by atoms with E-state index in [-0.39, 0.29) is 0 Å². The lowest BCUT2D eigenvalue weighted by atomic mass is 10.1. The van der Waals surface area contributed by atoms with E-state index < -0.39 is 0 Å². The lowest BCUT2D eigenvalue weighted by Crippen LogP contribution is -1.95. The summed E-state index contributed by atoms with van der Waals surface area (Å²) in [6.45, 7) is 5.99. The molecule has 0 aliphatic carbocycles. The minimum atomic E-state index is 0.503. The number of benzene rings is 1. The van der Waals surface area contributed by atoms with E-state index in [1.807, 2.05) is 13.0 Å². The Kier molecular flexibility index (Phi) is 3.19. The van der Waals surface area contributed by atoms with Crippen LogP contribution >= 0.6 is 12.2 Å². The highest BCUT2D eigenvalue weighted by Crippen LogP contribution is 2.08. The second-order valence-corrected chi connectivity index (χ2v) is 4.38. The maximum Gasteiger partial charge on any atom is 0.216 e. The van der Waals surface area contributed by atoms with E-state index in [0.717, 1.165) is 11.4 Å². The van der Waals surface area contributed by atoms with Crippen LogP contribution in [0, 0.1) is 25.5 Å². The molecule has 0 spiro atoms. The Balaban J connectivity index is 2.36. The summed E-state index contributed by atoms with van der Waals surface area (Å²) in [7, 11) is 0. The number of H-pyrrole nitrogens is 1. The van der Waals surface area contributed by atoms with E-state index in [0.29, 0.717) is 4.77 Å². The number of aromatic nitrogens is 3. The number of aryl methyl sites for hydroxylation is 3. The van der Waals surface area contributed by atoms with Crippen molar-refractivity contribution in [2.24, 2.45) is 5.10 Å². The van der Waals surface area contributed by atoms with Gasteiger partial charge >= 0.3 is 0 Å². The quantitative estimate of drug-likeness (QED) is 0.654. The molecule has 5 heteroatoms. The molecule has 0 atom stereocenters. The fourth-order valence-electron chi connectivity index (χ4n) is 1.60. The summed E-state index contributed by atoms with van der Waals surface area (Å²) in [5, 5.41) is 11.0. The van der Waals surface area contributed by atoms with Crippen LogP contribution in [0.25, 0.3) is 0 Å². The standard InChI is InChI=1S/C12H14N4S/c1-8-4-5-11(9(2)6-8)7-13-16-10(3)14-15-12(16)17/h4-7H,1-3H3,(H,15,17). The van der Waals surface area contributed by atoms with Crippen LogP contribution in [0.15, 0.2) is 23.3 Å². The van der Waals surface area contributed by atoms with Crippen LogP contribution in [0.1, 0.15) is 22.5 Å². The van der Waals surface area contributed by atoms with Gasteiger partial charge in [-0.3, -0.25) is 5.10 Å². The van der Waals surface area contributed by atoms with Crippen molar-refractivity contribution in [3.05, 3.63) is 45.5 Å². The average Bonchev–Trinajstić information content (AvgIpc) is 2.58. The summed E-state index contributed by atoms with van der Waals surface area (Å²) in [6.07, 6.45) is 1.80. The molecule has 0 unspecified atom stereocenters. The topological polar surface area (TPSA) is 46.0 Å². The molecular weight excluding hydrogens is 232 g/mol. The van der Waals surface area contributed by atoms with E-state index in [2.05, 4.69) is 41.3 Å². The van der Waals surface area contributed by atoms with Gasteiger partial charge < -0.3 is 0 Å². The molecule has 1 heterocycles. The Morgan fingerprint density at radius 3 is 2.71 bits per heavy atom. The third kappa shape index (κ3) is 2.50. The zero-order valence-electron chi connectivity index (χ0n) is 10.1. The van der Waals surface area contributed by atoms with Crippen molar-refractivity contribution in [2.75, 3.05) is 0 Å². The molecule has 2 aromatic rings. The highest BCUT2D eigenvalue weighted by Gasteiger charge is 1.98. The molecule has 0 saturated carbocycles. The molecule has 0 fully saturated rings. The Morgan fingerprint density at radius 1 is 1.35 bits per heavy atom. The fourth-order valence-corrected chi connectivity index (χ4v) is 1.82. The van der Waals surface area contributed by atoms with Gasteiger partial charge in [-0.05, 0) is 44.1 Å². The zero-order chi connectivity index (χ0) is 12.4. The maximum atomic E-state index is 5.07. The highest BCUT2D eigenvalue weighted by molar-refractivity contribution is 7.71. The Labute approximate surface area is 105 Å². The van der Waals surface area contributed by atoms with Crippen LogP contribution in [-0.4, -0.2) is 21.1 Å². The largest absolute Gasteiger partial charge is 0.250 e. The first kappa shape index (κ1) is 11.7. The third-order valence-corrected chi connectivity index (χ3v) is 2.81. The smallest absolute Gasteiger partial charge is 0.216 e. The molecule has 0 saturated heterocycles. The van der Waals surface area contributed by atoms with E-state index >= 15 is 0 Å². The first-order valence-corrected chi connectivity index (χ1v) is 5.74. The SMILES string of the molecule is Cc1ccc(C=Nn2c(C)n[nH]c2=S)c(C)c1. The summed E-state index contributed by atoms with van der Waals surface area (Å²) in [5.74, 6) is 0.746. The van der Waals surface area contributed by atoms with Crippen molar-refractivity contribution in [1.29, 1.82) is 0 Å². The Morgan fingerprint density at radius 2 is 2.12 bits per heavy atom.